The molecule has 0 saturated carbocycles. The highest BCUT2D eigenvalue weighted by Gasteiger charge is 2.16. The molecule has 4 rings (SSSR count). The molecule has 0 aliphatic carbocycles. The van der Waals surface area contributed by atoms with E-state index in [1.165, 1.54) is 22.2 Å². The van der Waals surface area contributed by atoms with Crippen LogP contribution in [-0.4, -0.2) is 40.6 Å². The van der Waals surface area contributed by atoms with Crippen molar-refractivity contribution in [1.82, 2.24) is 14.5 Å². The van der Waals surface area contributed by atoms with Crippen molar-refractivity contribution in [3.05, 3.63) is 51.9 Å². The van der Waals surface area contributed by atoms with Gasteiger partial charge in [-0.15, -0.1) is 11.3 Å². The second-order valence-electron chi connectivity index (χ2n) is 6.04. The van der Waals surface area contributed by atoms with Crippen molar-refractivity contribution >= 4 is 27.5 Å². The Hall–Kier alpha value is -2.87. The van der Waals surface area contributed by atoms with Gasteiger partial charge in [0.2, 0.25) is 5.91 Å². The van der Waals surface area contributed by atoms with E-state index in [1.807, 2.05) is 23.6 Å². The molecule has 0 bridgehead atoms. The van der Waals surface area contributed by atoms with Crippen LogP contribution in [0.1, 0.15) is 5.56 Å². The van der Waals surface area contributed by atoms with Crippen LogP contribution in [0.5, 0.6) is 11.5 Å². The second kappa shape index (κ2) is 6.80. The maximum absolute atomic E-state index is 12.5. The van der Waals surface area contributed by atoms with E-state index in [2.05, 4.69) is 4.98 Å². The van der Waals surface area contributed by atoms with Gasteiger partial charge in [0.15, 0.2) is 11.5 Å². The van der Waals surface area contributed by atoms with Gasteiger partial charge in [-0.05, 0) is 29.1 Å². The number of fused-ring (bicyclic) bond motifs is 2. The molecule has 0 atom stereocenters. The average Bonchev–Trinajstić information content (AvgIpc) is 3.13. The lowest BCUT2D eigenvalue weighted by Gasteiger charge is -2.21. The van der Waals surface area contributed by atoms with Crippen LogP contribution in [0.4, 0.5) is 0 Å². The fourth-order valence-corrected chi connectivity index (χ4v) is 3.54. The molecule has 8 heteroatoms. The van der Waals surface area contributed by atoms with Crippen LogP contribution < -0.4 is 15.0 Å². The number of rotatable bonds is 4. The Labute approximate surface area is 153 Å². The van der Waals surface area contributed by atoms with Crippen molar-refractivity contribution < 1.29 is 14.3 Å². The van der Waals surface area contributed by atoms with E-state index in [1.54, 1.807) is 18.0 Å². The van der Waals surface area contributed by atoms with Gasteiger partial charge < -0.3 is 14.4 Å². The number of carbonyl (C=O) groups excluding carboxylic acids is 1. The Morgan fingerprint density at radius 2 is 2.08 bits per heavy atom. The molecular weight excluding hydrogens is 354 g/mol. The van der Waals surface area contributed by atoms with Crippen LogP contribution in [0, 0.1) is 0 Å². The van der Waals surface area contributed by atoms with Gasteiger partial charge in [0.25, 0.3) is 5.56 Å². The summed E-state index contributed by atoms with van der Waals surface area (Å²) in [6.45, 7) is 1.44. The zero-order valence-corrected chi connectivity index (χ0v) is 15.0. The molecule has 2 aromatic heterocycles. The third-order valence-corrected chi connectivity index (χ3v) is 5.03. The highest BCUT2D eigenvalue weighted by molar-refractivity contribution is 7.16. The van der Waals surface area contributed by atoms with Crippen LogP contribution in [0.3, 0.4) is 0 Å². The summed E-state index contributed by atoms with van der Waals surface area (Å²) in [5.74, 6) is 1.24. The lowest BCUT2D eigenvalue weighted by Crippen LogP contribution is -2.33. The van der Waals surface area contributed by atoms with E-state index in [4.69, 9.17) is 9.47 Å². The van der Waals surface area contributed by atoms with Gasteiger partial charge in [-0.1, -0.05) is 6.07 Å². The molecule has 0 fully saturated rings. The van der Waals surface area contributed by atoms with E-state index in [-0.39, 0.29) is 18.0 Å². The standard InChI is InChI=1S/C18H17N3O4S/c1-20(9-12-2-3-14-15(8-12)25-6-5-24-14)16(22)10-21-11-19-17-13(18(21)23)4-7-26-17/h2-4,7-8,11H,5-6,9-10H2,1H3. The first-order valence-electron chi connectivity index (χ1n) is 8.17. The first kappa shape index (κ1) is 16.6. The Kier molecular flexibility index (Phi) is 4.34. The number of aromatic nitrogens is 2. The third kappa shape index (κ3) is 3.15. The Morgan fingerprint density at radius 3 is 2.92 bits per heavy atom. The van der Waals surface area contributed by atoms with Gasteiger partial charge >= 0.3 is 0 Å². The summed E-state index contributed by atoms with van der Waals surface area (Å²) >= 11 is 1.41. The number of carbonyl (C=O) groups is 1. The van der Waals surface area contributed by atoms with Crippen LogP contribution in [0.15, 0.2) is 40.8 Å². The van der Waals surface area contributed by atoms with E-state index >= 15 is 0 Å². The SMILES string of the molecule is CN(Cc1ccc2c(c1)OCCO2)C(=O)Cn1cnc2sccc2c1=O. The fraction of sp³-hybridized carbons (Fsp3) is 0.278. The Bertz CT molecular complexity index is 1030. The van der Waals surface area contributed by atoms with Crippen molar-refractivity contribution in [1.29, 1.82) is 0 Å². The van der Waals surface area contributed by atoms with Crippen LogP contribution in [0.2, 0.25) is 0 Å². The molecule has 1 aliphatic heterocycles. The maximum Gasteiger partial charge on any atom is 0.262 e. The molecule has 26 heavy (non-hydrogen) atoms. The van der Waals surface area contributed by atoms with Crippen molar-refractivity contribution in [3.8, 4) is 11.5 Å². The van der Waals surface area contributed by atoms with Gasteiger partial charge in [-0.3, -0.25) is 14.2 Å². The quantitative estimate of drug-likeness (QED) is 0.700. The molecule has 0 N–H and O–H groups in total. The van der Waals surface area contributed by atoms with Crippen molar-refractivity contribution in [3.63, 3.8) is 0 Å². The second-order valence-corrected chi connectivity index (χ2v) is 6.94. The molecule has 134 valence electrons. The number of hydrogen-bond donors (Lipinski definition) is 0. The fourth-order valence-electron chi connectivity index (χ4n) is 2.82. The molecule has 0 spiro atoms. The predicted molar refractivity (Wildman–Crippen MR) is 97.8 cm³/mol. The summed E-state index contributed by atoms with van der Waals surface area (Å²) in [6, 6.07) is 7.36. The molecule has 3 aromatic rings. The summed E-state index contributed by atoms with van der Waals surface area (Å²) in [4.78, 5) is 31.4. The van der Waals surface area contributed by atoms with Crippen molar-refractivity contribution in [2.75, 3.05) is 20.3 Å². The van der Waals surface area contributed by atoms with Gasteiger partial charge in [0.1, 0.15) is 24.6 Å². The Balaban J connectivity index is 1.47. The smallest absolute Gasteiger partial charge is 0.262 e. The number of nitrogens with zero attached hydrogens (tertiary/aromatic N) is 3. The van der Waals surface area contributed by atoms with Crippen LogP contribution in [0.25, 0.3) is 10.2 Å². The predicted octanol–water partition coefficient (Wildman–Crippen LogP) is 1.89. The van der Waals surface area contributed by atoms with E-state index in [9.17, 15) is 9.59 Å². The highest BCUT2D eigenvalue weighted by atomic mass is 32.1. The normalized spacial score (nSPS) is 13.0. The van der Waals surface area contributed by atoms with E-state index < -0.39 is 0 Å². The molecule has 3 heterocycles. The molecule has 0 saturated heterocycles. The number of hydrogen-bond acceptors (Lipinski definition) is 6. The number of likely N-dealkylation sites (N-methyl/N-ethyl adjacent to an activating group) is 1. The van der Waals surface area contributed by atoms with Crippen molar-refractivity contribution in [2.45, 2.75) is 13.1 Å². The molecule has 1 aliphatic rings. The summed E-state index contributed by atoms with van der Waals surface area (Å²) < 4.78 is 12.4. The first-order chi connectivity index (χ1) is 12.6. The molecular formula is C18H17N3O4S. The maximum atomic E-state index is 12.5. The van der Waals surface area contributed by atoms with Crippen molar-refractivity contribution in [2.24, 2.45) is 0 Å². The topological polar surface area (TPSA) is 73.7 Å². The van der Waals surface area contributed by atoms with Gasteiger partial charge in [0, 0.05) is 13.6 Å². The van der Waals surface area contributed by atoms with E-state index in [0.717, 1.165) is 11.3 Å². The summed E-state index contributed by atoms with van der Waals surface area (Å²) in [5, 5.41) is 2.36. The molecule has 1 aromatic carbocycles. The zero-order valence-electron chi connectivity index (χ0n) is 14.2. The summed E-state index contributed by atoms with van der Waals surface area (Å²) in [7, 11) is 1.71. The number of ether oxygens (including phenoxy) is 2. The molecule has 7 nitrogen and oxygen atoms in total. The summed E-state index contributed by atoms with van der Waals surface area (Å²) in [6.07, 6.45) is 1.43. The van der Waals surface area contributed by atoms with Gasteiger partial charge in [-0.25, -0.2) is 4.98 Å². The minimum absolute atomic E-state index is 0.0430. The van der Waals surface area contributed by atoms with Gasteiger partial charge in [0.05, 0.1) is 11.7 Å². The number of benzene rings is 1. The average molecular weight is 371 g/mol. The number of amides is 1. The largest absolute Gasteiger partial charge is 0.486 e. The third-order valence-electron chi connectivity index (χ3n) is 4.21. The molecule has 1 amide bonds. The lowest BCUT2D eigenvalue weighted by molar-refractivity contribution is -0.131. The highest BCUT2D eigenvalue weighted by Crippen LogP contribution is 2.31. The van der Waals surface area contributed by atoms with Crippen LogP contribution >= 0.6 is 11.3 Å². The lowest BCUT2D eigenvalue weighted by atomic mass is 10.2. The van der Waals surface area contributed by atoms with Crippen LogP contribution in [-0.2, 0) is 17.9 Å². The molecule has 0 unspecified atom stereocenters. The summed E-state index contributed by atoms with van der Waals surface area (Å²) in [5.41, 5.74) is 0.737. The van der Waals surface area contributed by atoms with E-state index in [0.29, 0.717) is 35.7 Å². The minimum Gasteiger partial charge on any atom is -0.486 e. The zero-order chi connectivity index (χ0) is 18.1. The number of thiophene rings is 1. The first-order valence-corrected chi connectivity index (χ1v) is 9.05. The monoisotopic (exact) mass is 371 g/mol. The Morgan fingerprint density at radius 1 is 1.27 bits per heavy atom. The molecule has 0 radical (unpaired) electrons. The van der Waals surface area contributed by atoms with Gasteiger partial charge in [-0.2, -0.15) is 0 Å². The minimum atomic E-state index is -0.197.